The van der Waals surface area contributed by atoms with Crippen LogP contribution in [-0.4, -0.2) is 31.6 Å². The first-order valence-corrected chi connectivity index (χ1v) is 12.6. The van der Waals surface area contributed by atoms with Crippen LogP contribution >= 0.6 is 0 Å². The number of benzene rings is 1. The van der Waals surface area contributed by atoms with Crippen molar-refractivity contribution in [3.05, 3.63) is 90.5 Å². The van der Waals surface area contributed by atoms with E-state index in [9.17, 15) is 4.79 Å². The quantitative estimate of drug-likeness (QED) is 0.262. The highest BCUT2D eigenvalue weighted by Crippen LogP contribution is 2.33. The Morgan fingerprint density at radius 3 is 2.42 bits per heavy atom. The molecule has 0 aliphatic rings. The van der Waals surface area contributed by atoms with Gasteiger partial charge in [-0.2, -0.15) is 0 Å². The summed E-state index contributed by atoms with van der Waals surface area (Å²) in [4.78, 5) is 29.4. The molecule has 2 N–H and O–H groups in total. The van der Waals surface area contributed by atoms with Gasteiger partial charge in [-0.25, -0.2) is 9.78 Å². The number of nitrogens with one attached hydrogen (secondary N) is 2. The Kier molecular flexibility index (Phi) is 6.68. The van der Waals surface area contributed by atoms with Crippen molar-refractivity contribution in [1.82, 2.24) is 25.3 Å². The summed E-state index contributed by atoms with van der Waals surface area (Å²) in [5.41, 5.74) is 7.90. The van der Waals surface area contributed by atoms with Crippen LogP contribution in [0.5, 0.6) is 0 Å². The molecule has 192 valence electrons. The van der Waals surface area contributed by atoms with Gasteiger partial charge < -0.3 is 15.0 Å². The van der Waals surface area contributed by atoms with Gasteiger partial charge in [0.2, 0.25) is 0 Å². The summed E-state index contributed by atoms with van der Waals surface area (Å²) in [5, 5.41) is 3.92. The van der Waals surface area contributed by atoms with E-state index >= 15 is 0 Å². The zero-order valence-corrected chi connectivity index (χ0v) is 22.2. The monoisotopic (exact) mass is 505 g/mol. The summed E-state index contributed by atoms with van der Waals surface area (Å²) in [6, 6.07) is 20.1. The molecule has 0 fully saturated rings. The number of carbonyl (C=O) groups excluding carboxylic acids is 1. The molecule has 4 heterocycles. The van der Waals surface area contributed by atoms with Crippen LogP contribution in [0.3, 0.4) is 0 Å². The van der Waals surface area contributed by atoms with Gasteiger partial charge in [0.15, 0.2) is 0 Å². The molecule has 7 nitrogen and oxygen atoms in total. The van der Waals surface area contributed by atoms with Gasteiger partial charge in [-0.05, 0) is 81.6 Å². The number of rotatable bonds is 5. The van der Waals surface area contributed by atoms with Crippen molar-refractivity contribution in [2.24, 2.45) is 0 Å². The Morgan fingerprint density at radius 2 is 1.68 bits per heavy atom. The van der Waals surface area contributed by atoms with Crippen LogP contribution in [0.15, 0.2) is 79.3 Å². The van der Waals surface area contributed by atoms with E-state index in [0.717, 1.165) is 55.9 Å². The molecule has 7 heteroatoms. The summed E-state index contributed by atoms with van der Waals surface area (Å²) in [5.74, 6) is 0. The fourth-order valence-corrected chi connectivity index (χ4v) is 4.37. The van der Waals surface area contributed by atoms with Gasteiger partial charge in [0.1, 0.15) is 11.2 Å². The lowest BCUT2D eigenvalue weighted by atomic mass is 9.98. The lowest BCUT2D eigenvalue weighted by Crippen LogP contribution is -2.34. The van der Waals surface area contributed by atoms with Crippen LogP contribution in [0.4, 0.5) is 4.79 Å². The van der Waals surface area contributed by atoms with Crippen molar-refractivity contribution in [3.63, 3.8) is 0 Å². The number of H-pyrrole nitrogens is 1. The van der Waals surface area contributed by atoms with Crippen LogP contribution in [-0.2, 0) is 4.74 Å². The number of amides is 1. The normalized spacial score (nSPS) is 12.3. The van der Waals surface area contributed by atoms with E-state index in [1.165, 1.54) is 0 Å². The molecular formula is C31H31N5O2. The van der Waals surface area contributed by atoms with Gasteiger partial charge in [-0.3, -0.25) is 9.97 Å². The van der Waals surface area contributed by atoms with Crippen LogP contribution in [0.2, 0.25) is 0 Å². The number of aromatic amines is 1. The highest BCUT2D eigenvalue weighted by Gasteiger charge is 2.18. The fourth-order valence-electron chi connectivity index (χ4n) is 4.37. The van der Waals surface area contributed by atoms with Crippen molar-refractivity contribution >= 4 is 17.1 Å². The lowest BCUT2D eigenvalue weighted by Gasteiger charge is -2.22. The molecule has 0 saturated carbocycles. The summed E-state index contributed by atoms with van der Waals surface area (Å²) in [6.45, 7) is 9.46. The van der Waals surface area contributed by atoms with Gasteiger partial charge in [-0.1, -0.05) is 30.3 Å². The third-order valence-electron chi connectivity index (χ3n) is 6.21. The number of aryl methyl sites for hydroxylation is 1. The highest BCUT2D eigenvalue weighted by molar-refractivity contribution is 5.95. The maximum atomic E-state index is 12.2. The van der Waals surface area contributed by atoms with Crippen molar-refractivity contribution in [2.45, 2.75) is 46.3 Å². The second kappa shape index (κ2) is 10.1. The predicted octanol–water partition coefficient (Wildman–Crippen LogP) is 7.25. The van der Waals surface area contributed by atoms with Crippen LogP contribution in [0, 0.1) is 6.92 Å². The number of hydrogen-bond donors (Lipinski definition) is 2. The second-order valence-corrected chi connectivity index (χ2v) is 10.4. The Labute approximate surface area is 222 Å². The summed E-state index contributed by atoms with van der Waals surface area (Å²) in [6.07, 6.45) is 5.20. The van der Waals surface area contributed by atoms with E-state index in [4.69, 9.17) is 9.72 Å². The van der Waals surface area contributed by atoms with Crippen LogP contribution < -0.4 is 5.32 Å². The van der Waals surface area contributed by atoms with E-state index in [1.807, 2.05) is 102 Å². The summed E-state index contributed by atoms with van der Waals surface area (Å²) in [7, 11) is 0. The van der Waals surface area contributed by atoms with Gasteiger partial charge in [0.25, 0.3) is 0 Å². The van der Waals surface area contributed by atoms with Gasteiger partial charge in [0, 0.05) is 40.8 Å². The number of aromatic nitrogens is 4. The first-order chi connectivity index (χ1) is 18.2. The molecule has 5 aromatic rings. The standard InChI is InChI=1S/C31H31N5O2/c1-19-7-6-8-27(34-19)28-16-26(25-13-14-33-29(25)36-28)24-15-23(17-32-18-24)22-11-9-21(10-12-22)20(2)35-30(37)38-31(3,4)5/h6-18,20H,1-5H3,(H,33,36)(H,35,37). The molecule has 1 amide bonds. The van der Waals surface area contributed by atoms with Crippen LogP contribution in [0.25, 0.3) is 44.7 Å². The zero-order valence-electron chi connectivity index (χ0n) is 22.2. The molecule has 0 bridgehead atoms. The molecule has 5 rings (SSSR count). The van der Waals surface area contributed by atoms with Crippen molar-refractivity contribution in [2.75, 3.05) is 0 Å². The number of nitrogens with zero attached hydrogens (tertiary/aromatic N) is 3. The van der Waals surface area contributed by atoms with Crippen LogP contribution in [0.1, 0.15) is 45.0 Å². The van der Waals surface area contributed by atoms with E-state index in [1.54, 1.807) is 0 Å². The minimum absolute atomic E-state index is 0.185. The van der Waals surface area contributed by atoms with Crippen molar-refractivity contribution in [1.29, 1.82) is 0 Å². The van der Waals surface area contributed by atoms with E-state index in [0.29, 0.717) is 0 Å². The highest BCUT2D eigenvalue weighted by atomic mass is 16.6. The molecule has 0 aliphatic heterocycles. The average Bonchev–Trinajstić information content (AvgIpc) is 3.36. The Balaban J connectivity index is 1.44. The Morgan fingerprint density at radius 1 is 0.921 bits per heavy atom. The molecule has 0 radical (unpaired) electrons. The number of carbonyl (C=O) groups is 1. The number of pyridine rings is 3. The average molecular weight is 506 g/mol. The molecule has 0 spiro atoms. The van der Waals surface area contributed by atoms with E-state index < -0.39 is 11.7 Å². The van der Waals surface area contributed by atoms with Gasteiger partial charge in [-0.15, -0.1) is 0 Å². The SMILES string of the molecule is Cc1cccc(-c2cc(-c3cncc(-c4ccc(C(C)NC(=O)OC(C)(C)C)cc4)c3)c3cc[nH]c3n2)n1. The largest absolute Gasteiger partial charge is 0.444 e. The maximum Gasteiger partial charge on any atom is 0.408 e. The first kappa shape index (κ1) is 25.1. The predicted molar refractivity (Wildman–Crippen MR) is 151 cm³/mol. The van der Waals surface area contributed by atoms with Crippen molar-refractivity contribution < 1.29 is 9.53 Å². The zero-order chi connectivity index (χ0) is 26.9. The molecule has 4 aromatic heterocycles. The second-order valence-electron chi connectivity index (χ2n) is 10.4. The van der Waals surface area contributed by atoms with Gasteiger partial charge >= 0.3 is 6.09 Å². The number of hydrogen-bond acceptors (Lipinski definition) is 5. The maximum absolute atomic E-state index is 12.2. The molecule has 1 atom stereocenters. The minimum Gasteiger partial charge on any atom is -0.444 e. The molecule has 1 aromatic carbocycles. The molecule has 0 saturated heterocycles. The number of alkyl carbamates (subject to hydrolysis) is 1. The Hall–Kier alpha value is -4.52. The van der Waals surface area contributed by atoms with Crippen molar-refractivity contribution in [3.8, 4) is 33.6 Å². The first-order valence-electron chi connectivity index (χ1n) is 12.6. The van der Waals surface area contributed by atoms with Gasteiger partial charge in [0.05, 0.1) is 17.4 Å². The molecular weight excluding hydrogens is 474 g/mol. The summed E-state index contributed by atoms with van der Waals surface area (Å²) >= 11 is 0. The third kappa shape index (κ3) is 5.57. The topological polar surface area (TPSA) is 92.8 Å². The summed E-state index contributed by atoms with van der Waals surface area (Å²) < 4.78 is 5.38. The van der Waals surface area contributed by atoms with E-state index in [2.05, 4.69) is 32.4 Å². The third-order valence-corrected chi connectivity index (χ3v) is 6.21. The molecule has 38 heavy (non-hydrogen) atoms. The number of ether oxygens (including phenoxy) is 1. The lowest BCUT2D eigenvalue weighted by molar-refractivity contribution is 0.0508. The molecule has 1 unspecified atom stereocenters. The van der Waals surface area contributed by atoms with E-state index in [-0.39, 0.29) is 6.04 Å². The number of fused-ring (bicyclic) bond motifs is 1. The smallest absolute Gasteiger partial charge is 0.408 e. The Bertz CT molecular complexity index is 1600. The fraction of sp³-hybridized carbons (Fsp3) is 0.226. The minimum atomic E-state index is -0.538. The molecule has 0 aliphatic carbocycles.